The summed E-state index contributed by atoms with van der Waals surface area (Å²) in [6.07, 6.45) is -0.306. The molecule has 0 spiro atoms. The Bertz CT molecular complexity index is 234. The topological polar surface area (TPSA) is 50.8 Å². The van der Waals surface area contributed by atoms with E-state index in [1.807, 2.05) is 11.8 Å². The number of nitrogens with zero attached hydrogens (tertiary/aromatic N) is 1. The normalized spacial score (nSPS) is 30.7. The molecule has 2 unspecified atom stereocenters. The molecule has 2 fully saturated rings. The van der Waals surface area contributed by atoms with Crippen LogP contribution in [0, 0.1) is 0 Å². The fourth-order valence-electron chi connectivity index (χ4n) is 1.96. The van der Waals surface area contributed by atoms with Crippen LogP contribution in [-0.2, 0) is 14.3 Å². The van der Waals surface area contributed by atoms with E-state index in [9.17, 15) is 4.79 Å². The van der Waals surface area contributed by atoms with Crippen LogP contribution >= 0.6 is 12.4 Å². The van der Waals surface area contributed by atoms with Crippen molar-refractivity contribution < 1.29 is 14.3 Å². The van der Waals surface area contributed by atoms with Gasteiger partial charge < -0.3 is 19.7 Å². The van der Waals surface area contributed by atoms with E-state index in [0.29, 0.717) is 32.9 Å². The Balaban J connectivity index is 0.00000128. The van der Waals surface area contributed by atoms with Gasteiger partial charge in [0.1, 0.15) is 6.10 Å². The number of morpholine rings is 2. The molecule has 1 amide bonds. The molecule has 0 radical (unpaired) electrons. The third-order valence-electron chi connectivity index (χ3n) is 2.85. The van der Waals surface area contributed by atoms with E-state index in [2.05, 4.69) is 5.32 Å². The maximum atomic E-state index is 12.1. The van der Waals surface area contributed by atoms with E-state index in [1.54, 1.807) is 0 Å². The van der Waals surface area contributed by atoms with Crippen molar-refractivity contribution in [2.24, 2.45) is 0 Å². The van der Waals surface area contributed by atoms with Gasteiger partial charge in [-0.3, -0.25) is 4.79 Å². The number of rotatable bonds is 1. The molecule has 6 heteroatoms. The number of nitrogens with one attached hydrogen (secondary N) is 1. The Hall–Kier alpha value is -0.360. The Labute approximate surface area is 102 Å². The molecule has 5 nitrogen and oxygen atoms in total. The van der Waals surface area contributed by atoms with Crippen molar-refractivity contribution >= 4 is 18.3 Å². The van der Waals surface area contributed by atoms with E-state index >= 15 is 0 Å². The second-order valence-electron chi connectivity index (χ2n) is 4.02. The highest BCUT2D eigenvalue weighted by atomic mass is 35.5. The summed E-state index contributed by atoms with van der Waals surface area (Å²) in [5, 5.41) is 3.17. The number of carbonyl (C=O) groups is 1. The summed E-state index contributed by atoms with van der Waals surface area (Å²) in [5.41, 5.74) is 0. The van der Waals surface area contributed by atoms with Crippen molar-refractivity contribution in [1.82, 2.24) is 10.2 Å². The maximum Gasteiger partial charge on any atom is 0.253 e. The Kier molecular flexibility index (Phi) is 5.48. The van der Waals surface area contributed by atoms with Crippen LogP contribution in [0.1, 0.15) is 6.92 Å². The first-order valence-corrected chi connectivity index (χ1v) is 5.49. The summed E-state index contributed by atoms with van der Waals surface area (Å²) in [6, 6.07) is 0.164. The predicted octanol–water partition coefficient (Wildman–Crippen LogP) is -0.356. The Morgan fingerprint density at radius 2 is 2.25 bits per heavy atom. The van der Waals surface area contributed by atoms with Crippen molar-refractivity contribution in [1.29, 1.82) is 0 Å². The maximum absolute atomic E-state index is 12.1. The second-order valence-corrected chi connectivity index (χ2v) is 4.02. The number of ether oxygens (including phenoxy) is 2. The fourth-order valence-corrected chi connectivity index (χ4v) is 1.96. The van der Waals surface area contributed by atoms with Gasteiger partial charge in [0.05, 0.1) is 25.9 Å². The van der Waals surface area contributed by atoms with E-state index in [4.69, 9.17) is 9.47 Å². The lowest BCUT2D eigenvalue weighted by atomic mass is 10.2. The number of carbonyl (C=O) groups excluding carboxylic acids is 1. The molecule has 2 rings (SSSR count). The number of amides is 1. The van der Waals surface area contributed by atoms with Crippen molar-refractivity contribution in [3.63, 3.8) is 0 Å². The predicted molar refractivity (Wildman–Crippen MR) is 61.9 cm³/mol. The standard InChI is InChI=1S/C10H18N2O3.ClH/c1-8-7-14-5-3-12(8)10(13)9-6-11-2-4-15-9;/h8-9,11H,2-7H2,1H3;1H. The molecular weight excluding hydrogens is 232 g/mol. The lowest BCUT2D eigenvalue weighted by Gasteiger charge is -2.36. The van der Waals surface area contributed by atoms with Crippen LogP contribution < -0.4 is 5.32 Å². The molecule has 0 aromatic heterocycles. The summed E-state index contributed by atoms with van der Waals surface area (Å²) in [7, 11) is 0. The highest BCUT2D eigenvalue weighted by Crippen LogP contribution is 2.10. The molecule has 1 N–H and O–H groups in total. The van der Waals surface area contributed by atoms with Crippen LogP contribution in [0.2, 0.25) is 0 Å². The molecule has 0 aromatic rings. The lowest BCUT2D eigenvalue weighted by Crippen LogP contribution is -2.55. The molecule has 0 aromatic carbocycles. The molecule has 2 aliphatic heterocycles. The largest absolute Gasteiger partial charge is 0.377 e. The van der Waals surface area contributed by atoms with Crippen LogP contribution in [0.15, 0.2) is 0 Å². The van der Waals surface area contributed by atoms with Crippen LogP contribution in [-0.4, -0.2) is 62.4 Å². The molecular formula is C10H19ClN2O3. The Morgan fingerprint density at radius 1 is 1.44 bits per heavy atom. The summed E-state index contributed by atoms with van der Waals surface area (Å²) >= 11 is 0. The van der Waals surface area contributed by atoms with Gasteiger partial charge in [0, 0.05) is 19.6 Å². The molecule has 94 valence electrons. The van der Waals surface area contributed by atoms with Crippen molar-refractivity contribution in [2.45, 2.75) is 19.1 Å². The summed E-state index contributed by atoms with van der Waals surface area (Å²) in [5.74, 6) is 0.0954. The van der Waals surface area contributed by atoms with Gasteiger partial charge in [0.2, 0.25) is 0 Å². The molecule has 16 heavy (non-hydrogen) atoms. The zero-order valence-corrected chi connectivity index (χ0v) is 10.3. The van der Waals surface area contributed by atoms with E-state index in [-0.39, 0.29) is 30.5 Å². The van der Waals surface area contributed by atoms with Crippen LogP contribution in [0.5, 0.6) is 0 Å². The zero-order chi connectivity index (χ0) is 10.7. The molecule has 0 bridgehead atoms. The van der Waals surface area contributed by atoms with E-state index < -0.39 is 0 Å². The first-order chi connectivity index (χ1) is 7.29. The van der Waals surface area contributed by atoms with E-state index in [1.165, 1.54) is 0 Å². The Morgan fingerprint density at radius 3 is 2.88 bits per heavy atom. The molecule has 2 atom stereocenters. The quantitative estimate of drug-likeness (QED) is 0.691. The lowest BCUT2D eigenvalue weighted by molar-refractivity contribution is -0.153. The van der Waals surface area contributed by atoms with Gasteiger partial charge in [0.15, 0.2) is 0 Å². The molecule has 2 aliphatic rings. The van der Waals surface area contributed by atoms with Gasteiger partial charge in [-0.05, 0) is 6.92 Å². The third kappa shape index (κ3) is 3.07. The second kappa shape index (κ2) is 6.39. The number of halogens is 1. The number of hydrogen-bond donors (Lipinski definition) is 1. The monoisotopic (exact) mass is 250 g/mol. The van der Waals surface area contributed by atoms with Gasteiger partial charge in [-0.2, -0.15) is 0 Å². The minimum Gasteiger partial charge on any atom is -0.377 e. The molecule has 2 saturated heterocycles. The zero-order valence-electron chi connectivity index (χ0n) is 9.48. The smallest absolute Gasteiger partial charge is 0.253 e. The van der Waals surface area contributed by atoms with Crippen molar-refractivity contribution in [3.8, 4) is 0 Å². The average molecular weight is 251 g/mol. The van der Waals surface area contributed by atoms with Gasteiger partial charge in [-0.1, -0.05) is 0 Å². The van der Waals surface area contributed by atoms with Crippen molar-refractivity contribution in [2.75, 3.05) is 39.5 Å². The van der Waals surface area contributed by atoms with Crippen LogP contribution in [0.25, 0.3) is 0 Å². The van der Waals surface area contributed by atoms with Crippen molar-refractivity contribution in [3.05, 3.63) is 0 Å². The fraction of sp³-hybridized carbons (Fsp3) is 0.900. The molecule has 2 heterocycles. The first-order valence-electron chi connectivity index (χ1n) is 5.49. The van der Waals surface area contributed by atoms with Gasteiger partial charge in [-0.15, -0.1) is 12.4 Å². The average Bonchev–Trinajstić information content (AvgIpc) is 2.30. The SMILES string of the molecule is CC1COCCN1C(=O)C1CNCCO1.Cl. The minimum absolute atomic E-state index is 0. The third-order valence-corrected chi connectivity index (χ3v) is 2.85. The molecule has 0 saturated carbocycles. The molecule has 0 aliphatic carbocycles. The first kappa shape index (κ1) is 13.7. The summed E-state index contributed by atoms with van der Waals surface area (Å²) in [4.78, 5) is 13.9. The number of hydrogen-bond acceptors (Lipinski definition) is 4. The van der Waals surface area contributed by atoms with E-state index in [0.717, 1.165) is 6.54 Å². The highest BCUT2D eigenvalue weighted by Gasteiger charge is 2.31. The van der Waals surface area contributed by atoms with Crippen LogP contribution in [0.3, 0.4) is 0 Å². The van der Waals surface area contributed by atoms with Gasteiger partial charge >= 0.3 is 0 Å². The summed E-state index contributed by atoms with van der Waals surface area (Å²) in [6.45, 7) is 6.04. The minimum atomic E-state index is -0.306. The summed E-state index contributed by atoms with van der Waals surface area (Å²) < 4.78 is 10.7. The van der Waals surface area contributed by atoms with Gasteiger partial charge in [-0.25, -0.2) is 0 Å². The van der Waals surface area contributed by atoms with Gasteiger partial charge in [0.25, 0.3) is 5.91 Å². The highest BCUT2D eigenvalue weighted by molar-refractivity contribution is 5.85. The van der Waals surface area contributed by atoms with Crippen LogP contribution in [0.4, 0.5) is 0 Å².